The minimum absolute atomic E-state index is 0. The molecule has 3 rings (SSSR count). The highest BCUT2D eigenvalue weighted by atomic mass is 35.5. The Morgan fingerprint density at radius 2 is 2.08 bits per heavy atom. The SMILES string of the molecule is CCCN(C(=O)CC1c2ccccc2C=CN1C(C)=O)C1CCNC1.Cl. The molecule has 2 amide bonds. The van der Waals surface area contributed by atoms with Gasteiger partial charge in [-0.3, -0.25) is 9.59 Å². The molecule has 2 aliphatic heterocycles. The molecule has 1 N–H and O–H groups in total. The summed E-state index contributed by atoms with van der Waals surface area (Å²) in [4.78, 5) is 28.9. The van der Waals surface area contributed by atoms with Crippen molar-refractivity contribution < 1.29 is 9.59 Å². The molecule has 0 bridgehead atoms. The topological polar surface area (TPSA) is 52.7 Å². The third-order valence-corrected chi connectivity index (χ3v) is 5.10. The molecule has 2 atom stereocenters. The fraction of sp³-hybridized carbons (Fsp3) is 0.500. The minimum atomic E-state index is -0.222. The van der Waals surface area contributed by atoms with E-state index in [2.05, 4.69) is 12.2 Å². The molecule has 0 spiro atoms. The molecule has 2 aliphatic rings. The first kappa shape index (κ1) is 20.5. The van der Waals surface area contributed by atoms with Crippen LogP contribution in [0, 0.1) is 0 Å². The van der Waals surface area contributed by atoms with Crippen LogP contribution in [0.3, 0.4) is 0 Å². The molecule has 6 heteroatoms. The maximum absolute atomic E-state index is 13.1. The molecule has 0 aliphatic carbocycles. The van der Waals surface area contributed by atoms with E-state index in [1.54, 1.807) is 11.8 Å². The monoisotopic (exact) mass is 377 g/mol. The molecule has 1 saturated heterocycles. The van der Waals surface area contributed by atoms with Crippen molar-refractivity contribution in [2.45, 2.75) is 45.2 Å². The number of hydrogen-bond acceptors (Lipinski definition) is 3. The Balaban J connectivity index is 0.00000243. The van der Waals surface area contributed by atoms with Crippen LogP contribution in [0.1, 0.15) is 50.3 Å². The van der Waals surface area contributed by atoms with Gasteiger partial charge in [0, 0.05) is 32.3 Å². The van der Waals surface area contributed by atoms with Gasteiger partial charge in [-0.15, -0.1) is 12.4 Å². The van der Waals surface area contributed by atoms with Crippen LogP contribution in [0.15, 0.2) is 30.5 Å². The Morgan fingerprint density at radius 3 is 2.73 bits per heavy atom. The first-order chi connectivity index (χ1) is 12.1. The Kier molecular flexibility index (Phi) is 7.23. The van der Waals surface area contributed by atoms with Gasteiger partial charge in [0.15, 0.2) is 0 Å². The van der Waals surface area contributed by atoms with Crippen LogP contribution in [-0.4, -0.2) is 47.3 Å². The lowest BCUT2D eigenvalue weighted by molar-refractivity contribution is -0.136. The Labute approximate surface area is 161 Å². The fourth-order valence-corrected chi connectivity index (χ4v) is 3.85. The first-order valence-electron chi connectivity index (χ1n) is 9.18. The summed E-state index contributed by atoms with van der Waals surface area (Å²) in [5.41, 5.74) is 2.14. The van der Waals surface area contributed by atoms with Crippen LogP contribution >= 0.6 is 12.4 Å². The van der Waals surface area contributed by atoms with E-state index in [1.165, 1.54) is 0 Å². The Hall–Kier alpha value is -1.85. The van der Waals surface area contributed by atoms with Gasteiger partial charge in [-0.2, -0.15) is 0 Å². The summed E-state index contributed by atoms with van der Waals surface area (Å²) < 4.78 is 0. The molecule has 0 aromatic heterocycles. The average molecular weight is 378 g/mol. The highest BCUT2D eigenvalue weighted by molar-refractivity contribution is 5.85. The summed E-state index contributed by atoms with van der Waals surface area (Å²) >= 11 is 0. The molecule has 1 fully saturated rings. The van der Waals surface area contributed by atoms with Crippen molar-refractivity contribution in [3.8, 4) is 0 Å². The highest BCUT2D eigenvalue weighted by Gasteiger charge is 2.32. The van der Waals surface area contributed by atoms with Gasteiger partial charge in [0.2, 0.25) is 11.8 Å². The van der Waals surface area contributed by atoms with Gasteiger partial charge in [0.05, 0.1) is 12.5 Å². The summed E-state index contributed by atoms with van der Waals surface area (Å²) in [5, 5.41) is 3.34. The summed E-state index contributed by atoms with van der Waals surface area (Å²) in [6.45, 7) is 6.26. The van der Waals surface area contributed by atoms with Crippen LogP contribution in [0.5, 0.6) is 0 Å². The van der Waals surface area contributed by atoms with Gasteiger partial charge >= 0.3 is 0 Å². The van der Waals surface area contributed by atoms with Gasteiger partial charge in [-0.25, -0.2) is 0 Å². The summed E-state index contributed by atoms with van der Waals surface area (Å²) in [6, 6.07) is 8.06. The second-order valence-electron chi connectivity index (χ2n) is 6.82. The fourth-order valence-electron chi connectivity index (χ4n) is 3.85. The van der Waals surface area contributed by atoms with Crippen molar-refractivity contribution in [2.24, 2.45) is 0 Å². The van der Waals surface area contributed by atoms with Crippen molar-refractivity contribution in [1.82, 2.24) is 15.1 Å². The summed E-state index contributed by atoms with van der Waals surface area (Å²) in [7, 11) is 0. The second-order valence-corrected chi connectivity index (χ2v) is 6.82. The van der Waals surface area contributed by atoms with E-state index in [0.717, 1.165) is 43.6 Å². The molecule has 1 aromatic rings. The van der Waals surface area contributed by atoms with Gasteiger partial charge in [0.25, 0.3) is 0 Å². The predicted octanol–water partition coefficient (Wildman–Crippen LogP) is 2.97. The third-order valence-electron chi connectivity index (χ3n) is 5.10. The maximum atomic E-state index is 13.1. The largest absolute Gasteiger partial charge is 0.338 e. The zero-order chi connectivity index (χ0) is 17.8. The Morgan fingerprint density at radius 1 is 1.31 bits per heavy atom. The number of amides is 2. The lowest BCUT2D eigenvalue weighted by Gasteiger charge is -2.35. The first-order valence-corrected chi connectivity index (χ1v) is 9.18. The Bertz CT molecular complexity index is 671. The number of halogens is 1. The second kappa shape index (κ2) is 9.19. The molecule has 5 nitrogen and oxygen atoms in total. The zero-order valence-electron chi connectivity index (χ0n) is 15.5. The van der Waals surface area contributed by atoms with Crippen LogP contribution < -0.4 is 5.32 Å². The lowest BCUT2D eigenvalue weighted by atomic mass is 9.93. The number of hydrogen-bond donors (Lipinski definition) is 1. The van der Waals surface area contributed by atoms with E-state index in [0.29, 0.717) is 6.42 Å². The molecule has 2 heterocycles. The predicted molar refractivity (Wildman–Crippen MR) is 106 cm³/mol. The molecule has 2 unspecified atom stereocenters. The van der Waals surface area contributed by atoms with Crippen molar-refractivity contribution in [2.75, 3.05) is 19.6 Å². The average Bonchev–Trinajstić information content (AvgIpc) is 3.13. The minimum Gasteiger partial charge on any atom is -0.338 e. The van der Waals surface area contributed by atoms with Crippen LogP contribution in [0.25, 0.3) is 6.08 Å². The standard InChI is InChI=1S/C20H27N3O2.ClH/c1-3-11-23(17-8-10-21-14-17)20(25)13-19-18-7-5-4-6-16(18)9-12-22(19)15(2)24;/h4-7,9,12,17,19,21H,3,8,10-11,13-14H2,1-2H3;1H. The van der Waals surface area contributed by atoms with Gasteiger partial charge < -0.3 is 15.1 Å². The van der Waals surface area contributed by atoms with Crippen molar-refractivity contribution in [1.29, 1.82) is 0 Å². The van der Waals surface area contributed by atoms with E-state index < -0.39 is 0 Å². The number of rotatable bonds is 5. The normalized spacial score (nSPS) is 21.1. The summed E-state index contributed by atoms with van der Waals surface area (Å²) in [6.07, 6.45) is 6.03. The third kappa shape index (κ3) is 4.27. The molecule has 0 radical (unpaired) electrons. The van der Waals surface area contributed by atoms with Gasteiger partial charge in [-0.05, 0) is 36.6 Å². The van der Waals surface area contributed by atoms with Crippen molar-refractivity contribution in [3.63, 3.8) is 0 Å². The number of nitrogens with one attached hydrogen (secondary N) is 1. The molecule has 142 valence electrons. The molecular formula is C20H28ClN3O2. The van der Waals surface area contributed by atoms with Gasteiger partial charge in [0.1, 0.15) is 0 Å². The van der Waals surface area contributed by atoms with E-state index in [-0.39, 0.29) is 36.3 Å². The number of carbonyl (C=O) groups is 2. The van der Waals surface area contributed by atoms with Gasteiger partial charge in [-0.1, -0.05) is 31.2 Å². The van der Waals surface area contributed by atoms with E-state index in [1.807, 2.05) is 41.4 Å². The van der Waals surface area contributed by atoms with Crippen LogP contribution in [0.2, 0.25) is 0 Å². The number of nitrogens with zero attached hydrogens (tertiary/aromatic N) is 2. The number of fused-ring (bicyclic) bond motifs is 1. The molecule has 26 heavy (non-hydrogen) atoms. The quantitative estimate of drug-likeness (QED) is 0.858. The van der Waals surface area contributed by atoms with E-state index in [4.69, 9.17) is 0 Å². The number of benzene rings is 1. The maximum Gasteiger partial charge on any atom is 0.225 e. The number of carbonyl (C=O) groups excluding carboxylic acids is 2. The molecule has 1 aromatic carbocycles. The van der Waals surface area contributed by atoms with Crippen molar-refractivity contribution in [3.05, 3.63) is 41.6 Å². The smallest absolute Gasteiger partial charge is 0.225 e. The van der Waals surface area contributed by atoms with Crippen molar-refractivity contribution >= 4 is 30.3 Å². The molecule has 0 saturated carbocycles. The highest BCUT2D eigenvalue weighted by Crippen LogP contribution is 2.33. The molecular weight excluding hydrogens is 350 g/mol. The van der Waals surface area contributed by atoms with Crippen LogP contribution in [0.4, 0.5) is 0 Å². The summed E-state index contributed by atoms with van der Waals surface area (Å²) in [5.74, 6) is 0.102. The van der Waals surface area contributed by atoms with E-state index >= 15 is 0 Å². The van der Waals surface area contributed by atoms with Crippen LogP contribution in [-0.2, 0) is 9.59 Å². The van der Waals surface area contributed by atoms with E-state index in [9.17, 15) is 9.59 Å². The lowest BCUT2D eigenvalue weighted by Crippen LogP contribution is -2.44. The zero-order valence-corrected chi connectivity index (χ0v) is 16.3.